The molecule has 0 aliphatic heterocycles. The van der Waals surface area contributed by atoms with E-state index in [2.05, 4.69) is 4.98 Å². The SMILES string of the molecule is Cc1cc(C)c(N)c(SCC(=O)O)n1. The van der Waals surface area contributed by atoms with Crippen molar-refractivity contribution in [2.75, 3.05) is 11.5 Å². The molecule has 0 saturated carbocycles. The molecule has 1 aromatic heterocycles. The predicted molar refractivity (Wildman–Crippen MR) is 56.5 cm³/mol. The van der Waals surface area contributed by atoms with Gasteiger partial charge in [-0.1, -0.05) is 11.8 Å². The molecule has 1 aromatic rings. The Morgan fingerprint density at radius 1 is 1.64 bits per heavy atom. The van der Waals surface area contributed by atoms with Gasteiger partial charge >= 0.3 is 5.97 Å². The number of nitrogens with two attached hydrogens (primary N) is 1. The number of thioether (sulfide) groups is 1. The van der Waals surface area contributed by atoms with Crippen LogP contribution in [0.4, 0.5) is 5.69 Å². The molecule has 0 radical (unpaired) electrons. The van der Waals surface area contributed by atoms with Crippen LogP contribution in [0.25, 0.3) is 0 Å². The van der Waals surface area contributed by atoms with Gasteiger partial charge in [-0.05, 0) is 25.5 Å². The third kappa shape index (κ3) is 2.63. The number of aromatic nitrogens is 1. The first-order valence-electron chi connectivity index (χ1n) is 4.09. The van der Waals surface area contributed by atoms with Crippen molar-refractivity contribution in [3.05, 3.63) is 17.3 Å². The van der Waals surface area contributed by atoms with Crippen LogP contribution in [0, 0.1) is 13.8 Å². The summed E-state index contributed by atoms with van der Waals surface area (Å²) >= 11 is 1.15. The van der Waals surface area contributed by atoms with Crippen molar-refractivity contribution < 1.29 is 9.90 Å². The van der Waals surface area contributed by atoms with Crippen LogP contribution in [-0.4, -0.2) is 21.8 Å². The van der Waals surface area contributed by atoms with E-state index in [1.165, 1.54) is 0 Å². The third-order valence-electron chi connectivity index (χ3n) is 1.69. The molecule has 0 aliphatic rings. The van der Waals surface area contributed by atoms with E-state index in [0.29, 0.717) is 10.7 Å². The zero-order valence-corrected chi connectivity index (χ0v) is 8.89. The van der Waals surface area contributed by atoms with E-state index < -0.39 is 5.97 Å². The topological polar surface area (TPSA) is 76.2 Å². The molecule has 14 heavy (non-hydrogen) atoms. The Kier molecular flexibility index (Phi) is 3.35. The van der Waals surface area contributed by atoms with E-state index in [1.54, 1.807) is 0 Å². The van der Waals surface area contributed by atoms with Crippen molar-refractivity contribution in [1.82, 2.24) is 4.98 Å². The van der Waals surface area contributed by atoms with Crippen LogP contribution < -0.4 is 5.73 Å². The highest BCUT2D eigenvalue weighted by Gasteiger charge is 2.07. The number of nitrogen functional groups attached to an aromatic ring is 1. The lowest BCUT2D eigenvalue weighted by atomic mass is 10.2. The molecule has 0 saturated heterocycles. The van der Waals surface area contributed by atoms with Crippen LogP contribution >= 0.6 is 11.8 Å². The number of hydrogen-bond donors (Lipinski definition) is 2. The van der Waals surface area contributed by atoms with Gasteiger partial charge in [0, 0.05) is 5.69 Å². The second kappa shape index (κ2) is 4.32. The molecule has 0 atom stereocenters. The number of carboxylic acid groups (broad SMARTS) is 1. The van der Waals surface area contributed by atoms with Gasteiger partial charge in [0.25, 0.3) is 0 Å². The van der Waals surface area contributed by atoms with Crippen molar-refractivity contribution >= 4 is 23.4 Å². The number of hydrogen-bond acceptors (Lipinski definition) is 4. The van der Waals surface area contributed by atoms with Crippen molar-refractivity contribution in [2.45, 2.75) is 18.9 Å². The molecule has 5 heteroatoms. The first-order valence-corrected chi connectivity index (χ1v) is 5.07. The molecule has 3 N–H and O–H groups in total. The van der Waals surface area contributed by atoms with Gasteiger partial charge in [-0.3, -0.25) is 4.79 Å². The molecular weight excluding hydrogens is 200 g/mol. The van der Waals surface area contributed by atoms with Crippen molar-refractivity contribution in [3.8, 4) is 0 Å². The van der Waals surface area contributed by atoms with Crippen LogP contribution in [0.15, 0.2) is 11.1 Å². The zero-order valence-electron chi connectivity index (χ0n) is 8.07. The van der Waals surface area contributed by atoms with Gasteiger partial charge in [-0.2, -0.15) is 0 Å². The highest BCUT2D eigenvalue weighted by atomic mass is 32.2. The highest BCUT2D eigenvalue weighted by Crippen LogP contribution is 2.25. The fraction of sp³-hybridized carbons (Fsp3) is 0.333. The Morgan fingerprint density at radius 3 is 2.86 bits per heavy atom. The summed E-state index contributed by atoms with van der Waals surface area (Å²) in [6.45, 7) is 3.74. The summed E-state index contributed by atoms with van der Waals surface area (Å²) in [4.78, 5) is 14.5. The molecule has 0 bridgehead atoms. The molecule has 0 unspecified atom stereocenters. The van der Waals surface area contributed by atoms with Gasteiger partial charge < -0.3 is 10.8 Å². The van der Waals surface area contributed by atoms with Crippen molar-refractivity contribution in [3.63, 3.8) is 0 Å². The molecule has 0 fully saturated rings. The minimum absolute atomic E-state index is 0.0138. The van der Waals surface area contributed by atoms with Crippen LogP contribution in [0.1, 0.15) is 11.3 Å². The van der Waals surface area contributed by atoms with Crippen LogP contribution in [0.5, 0.6) is 0 Å². The minimum atomic E-state index is -0.865. The molecule has 1 heterocycles. The summed E-state index contributed by atoms with van der Waals surface area (Å²) in [5, 5.41) is 9.12. The maximum Gasteiger partial charge on any atom is 0.313 e. The number of anilines is 1. The normalized spacial score (nSPS) is 10.1. The summed E-state index contributed by atoms with van der Waals surface area (Å²) in [5.41, 5.74) is 8.12. The molecule has 4 nitrogen and oxygen atoms in total. The summed E-state index contributed by atoms with van der Waals surface area (Å²) in [6.07, 6.45) is 0. The van der Waals surface area contributed by atoms with Gasteiger partial charge in [-0.15, -0.1) is 0 Å². The van der Waals surface area contributed by atoms with Crippen LogP contribution in [0.2, 0.25) is 0 Å². The Morgan fingerprint density at radius 2 is 2.29 bits per heavy atom. The second-order valence-corrected chi connectivity index (χ2v) is 3.95. The summed E-state index contributed by atoms with van der Waals surface area (Å²) in [6, 6.07) is 1.88. The maximum atomic E-state index is 10.4. The quantitative estimate of drug-likeness (QED) is 0.742. The fourth-order valence-corrected chi connectivity index (χ4v) is 1.84. The number of pyridine rings is 1. The molecule has 1 rings (SSSR count). The average Bonchev–Trinajstić information content (AvgIpc) is 2.08. The number of carboxylic acids is 1. The first kappa shape index (κ1) is 10.8. The van der Waals surface area contributed by atoms with E-state index in [-0.39, 0.29) is 5.75 Å². The number of rotatable bonds is 3. The third-order valence-corrected chi connectivity index (χ3v) is 2.67. The number of aryl methyl sites for hydroxylation is 2. The van der Waals surface area contributed by atoms with E-state index in [4.69, 9.17) is 10.8 Å². The standard InChI is InChI=1S/C9H12N2O2S/c1-5-3-6(2)11-9(8(5)10)14-4-7(12)13/h3H,4,10H2,1-2H3,(H,12,13). The highest BCUT2D eigenvalue weighted by molar-refractivity contribution is 8.00. The summed E-state index contributed by atoms with van der Waals surface area (Å²) < 4.78 is 0. The van der Waals surface area contributed by atoms with E-state index >= 15 is 0 Å². The number of carbonyl (C=O) groups is 1. The van der Waals surface area contributed by atoms with Crippen molar-refractivity contribution in [2.24, 2.45) is 0 Å². The molecule has 0 spiro atoms. The smallest absolute Gasteiger partial charge is 0.313 e. The molecule has 0 aliphatic carbocycles. The Hall–Kier alpha value is -1.23. The lowest BCUT2D eigenvalue weighted by Gasteiger charge is -2.07. The Bertz CT molecular complexity index is 366. The second-order valence-electron chi connectivity index (χ2n) is 2.98. The number of aliphatic carboxylic acids is 1. The van der Waals surface area contributed by atoms with Gasteiger partial charge in [-0.25, -0.2) is 4.98 Å². The first-order chi connectivity index (χ1) is 6.50. The monoisotopic (exact) mass is 212 g/mol. The van der Waals surface area contributed by atoms with Gasteiger partial charge in [0.15, 0.2) is 0 Å². The molecule has 0 amide bonds. The van der Waals surface area contributed by atoms with E-state index in [0.717, 1.165) is 23.0 Å². The van der Waals surface area contributed by atoms with Gasteiger partial charge in [0.1, 0.15) is 5.03 Å². The van der Waals surface area contributed by atoms with Gasteiger partial charge in [0.2, 0.25) is 0 Å². The predicted octanol–water partition coefficient (Wildman–Crippen LogP) is 1.46. The van der Waals surface area contributed by atoms with Crippen LogP contribution in [0.3, 0.4) is 0 Å². The fourth-order valence-electron chi connectivity index (χ4n) is 1.05. The van der Waals surface area contributed by atoms with Crippen molar-refractivity contribution in [1.29, 1.82) is 0 Å². The summed E-state index contributed by atoms with van der Waals surface area (Å²) in [5.74, 6) is -0.879. The van der Waals surface area contributed by atoms with E-state index in [1.807, 2.05) is 19.9 Å². The lowest BCUT2D eigenvalue weighted by molar-refractivity contribution is -0.133. The molecular formula is C9H12N2O2S. The largest absolute Gasteiger partial charge is 0.481 e. The Balaban J connectivity index is 2.90. The average molecular weight is 212 g/mol. The zero-order chi connectivity index (χ0) is 10.7. The van der Waals surface area contributed by atoms with Gasteiger partial charge in [0.05, 0.1) is 11.4 Å². The van der Waals surface area contributed by atoms with E-state index in [9.17, 15) is 4.79 Å². The lowest BCUT2D eigenvalue weighted by Crippen LogP contribution is -2.02. The molecule has 76 valence electrons. The minimum Gasteiger partial charge on any atom is -0.481 e. The Labute approximate surface area is 86.5 Å². The molecule has 0 aromatic carbocycles. The summed E-state index contributed by atoms with van der Waals surface area (Å²) in [7, 11) is 0. The number of nitrogens with zero attached hydrogens (tertiary/aromatic N) is 1. The van der Waals surface area contributed by atoms with Crippen LogP contribution in [-0.2, 0) is 4.79 Å². The maximum absolute atomic E-state index is 10.4.